The van der Waals surface area contributed by atoms with Crippen LogP contribution in [0.25, 0.3) is 11.0 Å². The van der Waals surface area contributed by atoms with E-state index in [1.54, 1.807) is 0 Å². The number of benzene rings is 2. The number of H-pyrrole nitrogens is 1. The Labute approximate surface area is 224 Å². The standard InChI is InChI=1S/C32H34N6/c1-23-7-4-10-27(35-23)20-33-19-24-14-16-25(17-15-24)21-38(22-31-36-28-11-2-3-12-29(28)37-31)30-13-5-8-26-9-6-18-34-32(26)30/h2-4,6-7,9-12,14-18,30,33H,5,8,13,19-22H2,1H3,(H,36,37). The zero-order valence-electron chi connectivity index (χ0n) is 21.9. The maximum Gasteiger partial charge on any atom is 0.121 e. The average molecular weight is 503 g/mol. The van der Waals surface area contributed by atoms with Crippen LogP contribution in [0.1, 0.15) is 58.5 Å². The van der Waals surface area contributed by atoms with E-state index in [-0.39, 0.29) is 6.04 Å². The molecule has 0 saturated heterocycles. The molecular formula is C32H34N6. The molecule has 0 bridgehead atoms. The number of imidazole rings is 1. The molecule has 0 fully saturated rings. The van der Waals surface area contributed by atoms with E-state index in [0.29, 0.717) is 0 Å². The summed E-state index contributed by atoms with van der Waals surface area (Å²) in [6.45, 7) is 5.21. The van der Waals surface area contributed by atoms with Gasteiger partial charge in [0.2, 0.25) is 0 Å². The quantitative estimate of drug-likeness (QED) is 0.258. The van der Waals surface area contributed by atoms with Crippen LogP contribution < -0.4 is 5.32 Å². The zero-order valence-corrected chi connectivity index (χ0v) is 21.9. The first-order chi connectivity index (χ1) is 18.7. The van der Waals surface area contributed by atoms with Crippen LogP contribution in [0.3, 0.4) is 0 Å². The van der Waals surface area contributed by atoms with Crippen molar-refractivity contribution < 1.29 is 0 Å². The first-order valence-electron chi connectivity index (χ1n) is 13.5. The third-order valence-corrected chi connectivity index (χ3v) is 7.39. The largest absolute Gasteiger partial charge is 0.341 e. The SMILES string of the molecule is Cc1cccc(CNCc2ccc(CN(Cc3nc4ccccc4[nH]3)C3CCCc4cccnc43)cc2)n1. The highest BCUT2D eigenvalue weighted by molar-refractivity contribution is 5.74. The van der Waals surface area contributed by atoms with Gasteiger partial charge in [0.1, 0.15) is 5.82 Å². The van der Waals surface area contributed by atoms with Crippen LogP contribution in [0.5, 0.6) is 0 Å². The van der Waals surface area contributed by atoms with Crippen molar-refractivity contribution in [3.8, 4) is 0 Å². The molecule has 38 heavy (non-hydrogen) atoms. The summed E-state index contributed by atoms with van der Waals surface area (Å²) < 4.78 is 0. The van der Waals surface area contributed by atoms with Gasteiger partial charge in [0.25, 0.3) is 0 Å². The lowest BCUT2D eigenvalue weighted by Crippen LogP contribution is -2.31. The molecule has 6 heteroatoms. The van der Waals surface area contributed by atoms with Gasteiger partial charge in [-0.1, -0.05) is 48.5 Å². The van der Waals surface area contributed by atoms with Crippen LogP contribution >= 0.6 is 0 Å². The van der Waals surface area contributed by atoms with E-state index in [0.717, 1.165) is 67.3 Å². The number of hydrogen-bond donors (Lipinski definition) is 2. The maximum absolute atomic E-state index is 4.89. The van der Waals surface area contributed by atoms with Gasteiger partial charge in [-0.25, -0.2) is 4.98 Å². The monoisotopic (exact) mass is 502 g/mol. The van der Waals surface area contributed by atoms with Crippen LogP contribution in [0.4, 0.5) is 0 Å². The Kier molecular flexibility index (Phi) is 7.25. The lowest BCUT2D eigenvalue weighted by Gasteiger charge is -2.34. The highest BCUT2D eigenvalue weighted by Crippen LogP contribution is 2.34. The van der Waals surface area contributed by atoms with Gasteiger partial charge in [0.15, 0.2) is 0 Å². The van der Waals surface area contributed by atoms with Crippen molar-refractivity contribution >= 4 is 11.0 Å². The predicted molar refractivity (Wildman–Crippen MR) is 151 cm³/mol. The second-order valence-electron chi connectivity index (χ2n) is 10.3. The number of aromatic nitrogens is 4. The van der Waals surface area contributed by atoms with E-state index in [1.807, 2.05) is 25.3 Å². The van der Waals surface area contributed by atoms with Crippen molar-refractivity contribution in [2.45, 2.75) is 58.4 Å². The average Bonchev–Trinajstić information content (AvgIpc) is 3.36. The molecule has 1 atom stereocenters. The van der Waals surface area contributed by atoms with Gasteiger partial charge in [-0.2, -0.15) is 0 Å². The summed E-state index contributed by atoms with van der Waals surface area (Å²) in [6.07, 6.45) is 5.34. The fourth-order valence-corrected chi connectivity index (χ4v) is 5.52. The zero-order chi connectivity index (χ0) is 25.7. The van der Waals surface area contributed by atoms with Crippen LogP contribution in [0, 0.1) is 6.92 Å². The minimum Gasteiger partial charge on any atom is -0.341 e. The number of pyridine rings is 2. The molecule has 2 aromatic carbocycles. The normalized spacial score (nSPS) is 15.2. The molecule has 6 rings (SSSR count). The highest BCUT2D eigenvalue weighted by Gasteiger charge is 2.28. The molecule has 2 N–H and O–H groups in total. The van der Waals surface area contributed by atoms with E-state index in [4.69, 9.17) is 9.97 Å². The Balaban J connectivity index is 1.18. The third-order valence-electron chi connectivity index (χ3n) is 7.39. The molecule has 1 aliphatic rings. The second-order valence-corrected chi connectivity index (χ2v) is 10.3. The number of hydrogen-bond acceptors (Lipinski definition) is 5. The molecule has 0 spiro atoms. The lowest BCUT2D eigenvalue weighted by atomic mass is 9.90. The topological polar surface area (TPSA) is 69.7 Å². The van der Waals surface area contributed by atoms with Crippen molar-refractivity contribution in [2.24, 2.45) is 0 Å². The van der Waals surface area contributed by atoms with Crippen molar-refractivity contribution in [1.82, 2.24) is 30.2 Å². The number of aryl methyl sites for hydroxylation is 2. The number of fused-ring (bicyclic) bond motifs is 2. The van der Waals surface area contributed by atoms with Gasteiger partial charge in [-0.15, -0.1) is 0 Å². The van der Waals surface area contributed by atoms with E-state index in [1.165, 1.54) is 28.8 Å². The summed E-state index contributed by atoms with van der Waals surface area (Å²) in [5, 5.41) is 3.52. The molecule has 0 aliphatic heterocycles. The summed E-state index contributed by atoms with van der Waals surface area (Å²) in [7, 11) is 0. The third kappa shape index (κ3) is 5.67. The summed E-state index contributed by atoms with van der Waals surface area (Å²) >= 11 is 0. The number of nitrogens with one attached hydrogen (secondary N) is 2. The number of aromatic amines is 1. The van der Waals surface area contributed by atoms with E-state index in [9.17, 15) is 0 Å². The Morgan fingerprint density at radius 2 is 1.74 bits per heavy atom. The molecule has 6 nitrogen and oxygen atoms in total. The fourth-order valence-electron chi connectivity index (χ4n) is 5.52. The van der Waals surface area contributed by atoms with Gasteiger partial charge < -0.3 is 10.3 Å². The Bertz CT molecular complexity index is 1470. The maximum atomic E-state index is 4.89. The lowest BCUT2D eigenvalue weighted by molar-refractivity contribution is 0.153. The van der Waals surface area contributed by atoms with Crippen LogP contribution in [0.15, 0.2) is 85.1 Å². The van der Waals surface area contributed by atoms with Crippen molar-refractivity contribution in [2.75, 3.05) is 0 Å². The Morgan fingerprint density at radius 1 is 0.868 bits per heavy atom. The molecule has 1 aliphatic carbocycles. The molecule has 0 radical (unpaired) electrons. The Morgan fingerprint density at radius 3 is 2.61 bits per heavy atom. The first-order valence-corrected chi connectivity index (χ1v) is 13.5. The number of rotatable bonds is 9. The minimum absolute atomic E-state index is 0.274. The minimum atomic E-state index is 0.274. The molecule has 0 amide bonds. The molecule has 3 heterocycles. The van der Waals surface area contributed by atoms with Gasteiger partial charge in [-0.3, -0.25) is 14.9 Å². The highest BCUT2D eigenvalue weighted by atomic mass is 15.2. The van der Waals surface area contributed by atoms with Crippen LogP contribution in [0.2, 0.25) is 0 Å². The molecule has 1 unspecified atom stereocenters. The van der Waals surface area contributed by atoms with Gasteiger partial charge in [-0.05, 0) is 73.2 Å². The molecular weight excluding hydrogens is 468 g/mol. The number of para-hydroxylation sites is 2. The predicted octanol–water partition coefficient (Wildman–Crippen LogP) is 6.03. The summed E-state index contributed by atoms with van der Waals surface area (Å²) in [5.74, 6) is 1.000. The summed E-state index contributed by atoms with van der Waals surface area (Å²) in [6, 6.07) is 28.0. The van der Waals surface area contributed by atoms with Crippen molar-refractivity contribution in [3.05, 3.63) is 125 Å². The summed E-state index contributed by atoms with van der Waals surface area (Å²) in [4.78, 5) is 20.4. The van der Waals surface area contributed by atoms with Crippen molar-refractivity contribution in [3.63, 3.8) is 0 Å². The first kappa shape index (κ1) is 24.5. The summed E-state index contributed by atoms with van der Waals surface area (Å²) in [5.41, 5.74) is 9.40. The van der Waals surface area contributed by atoms with Crippen LogP contribution in [-0.2, 0) is 32.6 Å². The van der Waals surface area contributed by atoms with Gasteiger partial charge >= 0.3 is 0 Å². The van der Waals surface area contributed by atoms with E-state index < -0.39 is 0 Å². The molecule has 192 valence electrons. The second kappa shape index (κ2) is 11.3. The van der Waals surface area contributed by atoms with Crippen molar-refractivity contribution in [1.29, 1.82) is 0 Å². The number of nitrogens with zero attached hydrogens (tertiary/aromatic N) is 4. The van der Waals surface area contributed by atoms with E-state index in [2.05, 4.69) is 86.9 Å². The van der Waals surface area contributed by atoms with E-state index >= 15 is 0 Å². The smallest absolute Gasteiger partial charge is 0.121 e. The molecule has 0 saturated carbocycles. The van der Waals surface area contributed by atoms with Gasteiger partial charge in [0.05, 0.1) is 35.0 Å². The fraction of sp³-hybridized carbons (Fsp3) is 0.281. The van der Waals surface area contributed by atoms with Crippen LogP contribution in [-0.4, -0.2) is 24.8 Å². The Hall–Kier alpha value is -3.87. The molecule has 3 aromatic heterocycles. The molecule has 5 aromatic rings. The van der Waals surface area contributed by atoms with Gasteiger partial charge in [0, 0.05) is 31.5 Å².